The van der Waals surface area contributed by atoms with Gasteiger partial charge in [-0.05, 0) is 71.7 Å². The molecule has 7 nitrogen and oxygen atoms in total. The fraction of sp³-hybridized carbons (Fsp3) is 0.476. The zero-order valence-electron chi connectivity index (χ0n) is 17.5. The molecule has 2 heterocycles. The first-order valence-electron chi connectivity index (χ1n) is 9.69. The fourth-order valence-corrected chi connectivity index (χ4v) is 3.43. The zero-order valence-corrected chi connectivity index (χ0v) is 17.5. The molecule has 1 atom stereocenters. The molecule has 0 unspecified atom stereocenters. The second-order valence-electron chi connectivity index (χ2n) is 8.33. The second-order valence-corrected chi connectivity index (χ2v) is 8.33. The van der Waals surface area contributed by atoms with Gasteiger partial charge in [0.2, 0.25) is 5.91 Å². The fourth-order valence-electron chi connectivity index (χ4n) is 3.43. The number of ether oxygens (including phenoxy) is 1. The average Bonchev–Trinajstić information content (AvgIpc) is 3.20. The van der Waals surface area contributed by atoms with Gasteiger partial charge in [0.15, 0.2) is 5.82 Å². The highest BCUT2D eigenvalue weighted by atomic mass is 19.1. The van der Waals surface area contributed by atoms with Crippen molar-refractivity contribution in [2.75, 3.05) is 11.9 Å². The van der Waals surface area contributed by atoms with Crippen LogP contribution in [0.1, 0.15) is 45.0 Å². The van der Waals surface area contributed by atoms with E-state index in [4.69, 9.17) is 4.74 Å². The van der Waals surface area contributed by atoms with E-state index < -0.39 is 23.6 Å². The molecule has 8 heteroatoms. The Kier molecular flexibility index (Phi) is 5.64. The van der Waals surface area contributed by atoms with E-state index in [1.54, 1.807) is 32.9 Å². The summed E-state index contributed by atoms with van der Waals surface area (Å²) in [6.07, 6.45) is 0.737. The summed E-state index contributed by atoms with van der Waals surface area (Å²) >= 11 is 0. The van der Waals surface area contributed by atoms with E-state index in [1.165, 1.54) is 15.6 Å². The minimum absolute atomic E-state index is 0.310. The molecule has 1 aliphatic rings. The van der Waals surface area contributed by atoms with Crippen LogP contribution in [0.3, 0.4) is 0 Å². The van der Waals surface area contributed by atoms with Crippen molar-refractivity contribution in [2.24, 2.45) is 0 Å². The normalized spacial score (nSPS) is 16.8. The standard InChI is InChI=1S/C21H27FN4O3/c1-13-11-14(2)26(24-13)17-9-8-15(12-16(17)22)23-19(27)18-7-6-10-25(18)20(28)29-21(3,4)5/h8-9,11-12,18H,6-7,10H2,1-5H3,(H,23,27)/t18-/m0/s1. The Labute approximate surface area is 169 Å². The monoisotopic (exact) mass is 402 g/mol. The third kappa shape index (κ3) is 4.75. The van der Waals surface area contributed by atoms with Crippen LogP contribution >= 0.6 is 0 Å². The van der Waals surface area contributed by atoms with Gasteiger partial charge in [0, 0.05) is 17.9 Å². The van der Waals surface area contributed by atoms with Crippen molar-refractivity contribution >= 4 is 17.7 Å². The van der Waals surface area contributed by atoms with E-state index in [0.29, 0.717) is 30.8 Å². The number of aromatic nitrogens is 2. The lowest BCUT2D eigenvalue weighted by Gasteiger charge is -2.28. The van der Waals surface area contributed by atoms with Crippen molar-refractivity contribution in [1.82, 2.24) is 14.7 Å². The third-order valence-corrected chi connectivity index (χ3v) is 4.64. The highest BCUT2D eigenvalue weighted by Crippen LogP contribution is 2.24. The van der Waals surface area contributed by atoms with Crippen LogP contribution in [0.15, 0.2) is 24.3 Å². The summed E-state index contributed by atoms with van der Waals surface area (Å²) in [5, 5.41) is 7.00. The topological polar surface area (TPSA) is 76.5 Å². The Balaban J connectivity index is 1.72. The predicted molar refractivity (Wildman–Crippen MR) is 108 cm³/mol. The van der Waals surface area contributed by atoms with E-state index in [1.807, 2.05) is 19.9 Å². The van der Waals surface area contributed by atoms with Gasteiger partial charge in [-0.1, -0.05) is 0 Å². The van der Waals surface area contributed by atoms with Crippen LogP contribution in [0.2, 0.25) is 0 Å². The number of nitrogens with zero attached hydrogens (tertiary/aromatic N) is 3. The molecule has 0 saturated carbocycles. The number of halogens is 1. The molecule has 156 valence electrons. The van der Waals surface area contributed by atoms with Crippen LogP contribution in [0.5, 0.6) is 0 Å². The number of rotatable bonds is 3. The second kappa shape index (κ2) is 7.85. The number of carbonyl (C=O) groups excluding carboxylic acids is 2. The number of benzene rings is 1. The number of amides is 2. The van der Waals surface area contributed by atoms with Gasteiger partial charge in [0.25, 0.3) is 0 Å². The van der Waals surface area contributed by atoms with Crippen LogP contribution in [-0.2, 0) is 9.53 Å². The van der Waals surface area contributed by atoms with Gasteiger partial charge in [-0.2, -0.15) is 5.10 Å². The van der Waals surface area contributed by atoms with Crippen molar-refractivity contribution in [2.45, 2.75) is 59.1 Å². The maximum Gasteiger partial charge on any atom is 0.410 e. The minimum Gasteiger partial charge on any atom is -0.444 e. The van der Waals surface area contributed by atoms with Crippen molar-refractivity contribution in [3.8, 4) is 5.69 Å². The number of hydrogen-bond acceptors (Lipinski definition) is 4. The van der Waals surface area contributed by atoms with Crippen molar-refractivity contribution < 1.29 is 18.7 Å². The highest BCUT2D eigenvalue weighted by Gasteiger charge is 2.36. The summed E-state index contributed by atoms with van der Waals surface area (Å²) in [6.45, 7) is 9.49. The molecular formula is C21H27FN4O3. The van der Waals surface area contributed by atoms with Crippen LogP contribution < -0.4 is 5.32 Å². The summed E-state index contributed by atoms with van der Waals surface area (Å²) in [4.78, 5) is 26.5. The van der Waals surface area contributed by atoms with E-state index in [9.17, 15) is 14.0 Å². The van der Waals surface area contributed by atoms with Crippen LogP contribution in [-0.4, -0.2) is 44.9 Å². The molecule has 3 rings (SSSR count). The molecular weight excluding hydrogens is 375 g/mol. The van der Waals surface area contributed by atoms with Crippen LogP contribution in [0, 0.1) is 19.7 Å². The molecule has 2 amide bonds. The SMILES string of the molecule is Cc1cc(C)n(-c2ccc(NC(=O)[C@@H]3CCCN3C(=O)OC(C)(C)C)cc2F)n1. The molecule has 2 aromatic rings. The van der Waals surface area contributed by atoms with Crippen LogP contribution in [0.4, 0.5) is 14.9 Å². The van der Waals surface area contributed by atoms with Gasteiger partial charge >= 0.3 is 6.09 Å². The van der Waals surface area contributed by atoms with Gasteiger partial charge in [0.05, 0.1) is 5.69 Å². The number of nitrogens with one attached hydrogen (secondary N) is 1. The predicted octanol–water partition coefficient (Wildman–Crippen LogP) is 3.97. The maximum atomic E-state index is 14.6. The number of hydrogen-bond donors (Lipinski definition) is 1. The lowest BCUT2D eigenvalue weighted by atomic mass is 10.2. The van der Waals surface area contributed by atoms with Gasteiger partial charge in [-0.15, -0.1) is 0 Å². The van der Waals surface area contributed by atoms with E-state index in [2.05, 4.69) is 10.4 Å². The lowest BCUT2D eigenvalue weighted by molar-refractivity contribution is -0.120. The Morgan fingerprint density at radius 3 is 2.55 bits per heavy atom. The molecule has 1 aromatic heterocycles. The maximum absolute atomic E-state index is 14.6. The first kappa shape index (κ1) is 20.8. The Hall–Kier alpha value is -2.90. The summed E-state index contributed by atoms with van der Waals surface area (Å²) in [5.74, 6) is -0.851. The highest BCUT2D eigenvalue weighted by molar-refractivity contribution is 5.97. The molecule has 0 spiro atoms. The molecule has 1 saturated heterocycles. The third-order valence-electron chi connectivity index (χ3n) is 4.64. The Morgan fingerprint density at radius 1 is 1.24 bits per heavy atom. The first-order valence-corrected chi connectivity index (χ1v) is 9.69. The molecule has 1 aliphatic heterocycles. The minimum atomic E-state index is -0.636. The summed E-state index contributed by atoms with van der Waals surface area (Å²) < 4.78 is 21.6. The molecule has 0 aliphatic carbocycles. The smallest absolute Gasteiger partial charge is 0.410 e. The zero-order chi connectivity index (χ0) is 21.3. The van der Waals surface area contributed by atoms with Gasteiger partial charge in [0.1, 0.15) is 17.3 Å². The van der Waals surface area contributed by atoms with E-state index in [-0.39, 0.29) is 5.91 Å². The summed E-state index contributed by atoms with van der Waals surface area (Å²) in [6, 6.07) is 5.69. The molecule has 0 radical (unpaired) electrons. The summed E-state index contributed by atoms with van der Waals surface area (Å²) in [5.41, 5.74) is 1.61. The van der Waals surface area contributed by atoms with Gasteiger partial charge in [-0.25, -0.2) is 13.9 Å². The van der Waals surface area contributed by atoms with Gasteiger partial charge in [-0.3, -0.25) is 9.69 Å². The molecule has 29 heavy (non-hydrogen) atoms. The van der Waals surface area contributed by atoms with Crippen molar-refractivity contribution in [3.05, 3.63) is 41.5 Å². The number of anilines is 1. The quantitative estimate of drug-likeness (QED) is 0.843. The van der Waals surface area contributed by atoms with E-state index >= 15 is 0 Å². The van der Waals surface area contributed by atoms with Crippen molar-refractivity contribution in [3.63, 3.8) is 0 Å². The molecule has 1 fully saturated rings. The number of aryl methyl sites for hydroxylation is 2. The molecule has 0 bridgehead atoms. The molecule has 1 aromatic carbocycles. The summed E-state index contributed by atoms with van der Waals surface area (Å²) in [7, 11) is 0. The first-order chi connectivity index (χ1) is 13.5. The number of carbonyl (C=O) groups is 2. The van der Waals surface area contributed by atoms with Crippen molar-refractivity contribution in [1.29, 1.82) is 0 Å². The average molecular weight is 402 g/mol. The number of likely N-dealkylation sites (tertiary alicyclic amines) is 1. The lowest BCUT2D eigenvalue weighted by Crippen LogP contribution is -2.45. The Morgan fingerprint density at radius 2 is 1.97 bits per heavy atom. The van der Waals surface area contributed by atoms with Crippen LogP contribution in [0.25, 0.3) is 5.69 Å². The Bertz CT molecular complexity index is 932. The van der Waals surface area contributed by atoms with Gasteiger partial charge < -0.3 is 10.1 Å². The molecule has 1 N–H and O–H groups in total. The largest absolute Gasteiger partial charge is 0.444 e. The van der Waals surface area contributed by atoms with E-state index in [0.717, 1.165) is 11.4 Å².